The molecule has 3 aromatic rings. The summed E-state index contributed by atoms with van der Waals surface area (Å²) in [5.74, 6) is -0.282. The van der Waals surface area contributed by atoms with Crippen molar-refractivity contribution in [2.75, 3.05) is 45.8 Å². The van der Waals surface area contributed by atoms with Crippen molar-refractivity contribution in [3.63, 3.8) is 0 Å². The van der Waals surface area contributed by atoms with Gasteiger partial charge in [-0.25, -0.2) is 0 Å². The number of carbonyl (C=O) groups is 4. The fourth-order valence-electron chi connectivity index (χ4n) is 7.66. The molecule has 1 unspecified atom stereocenters. The highest BCUT2D eigenvalue weighted by Crippen LogP contribution is 2.36. The highest BCUT2D eigenvalue weighted by Gasteiger charge is 2.30. The molecule has 4 amide bonds. The number of hydrogen-bond acceptors (Lipinski definition) is 7. The standard InChI is InChI=1S/C38H40Cl2N6O5/c1-43-21-31(29-19-41-20-30(29)37(43)50)27-17-33(40)28(18-32(27)39)38(51)46-14-12-45(13-15-46)35(48)22-44-10-8-25(9-11-44)24-4-2-23(3-5-24)16-26-6-7-34(47)42-36(26)49/h2-5,17-19,21,25-26H,6-16,20,22H2,1H3,(H,42,47,49). The molecular weight excluding hydrogens is 691 g/mol. The van der Waals surface area contributed by atoms with Crippen LogP contribution in [0.1, 0.15) is 64.2 Å². The Labute approximate surface area is 306 Å². The maximum absolute atomic E-state index is 13.6. The zero-order valence-electron chi connectivity index (χ0n) is 28.5. The molecular formula is C38H40Cl2N6O5. The molecule has 0 spiro atoms. The zero-order chi connectivity index (χ0) is 35.8. The number of fused-ring (bicyclic) bond motifs is 1. The molecule has 3 fully saturated rings. The summed E-state index contributed by atoms with van der Waals surface area (Å²) in [7, 11) is 1.68. The first kappa shape index (κ1) is 35.1. The number of halogens is 2. The number of imide groups is 1. The molecule has 0 saturated carbocycles. The Morgan fingerprint density at radius 3 is 2.29 bits per heavy atom. The normalized spacial score (nSPS) is 19.7. The van der Waals surface area contributed by atoms with Gasteiger partial charge in [-0.05, 0) is 68.0 Å². The average molecular weight is 732 g/mol. The van der Waals surface area contributed by atoms with Crippen molar-refractivity contribution in [3.05, 3.63) is 90.8 Å². The fourth-order valence-corrected chi connectivity index (χ4v) is 8.17. The summed E-state index contributed by atoms with van der Waals surface area (Å²) >= 11 is 13.4. The second-order valence-corrected chi connectivity index (χ2v) is 14.8. The Bertz CT molecular complexity index is 1980. The molecule has 1 atom stereocenters. The molecule has 13 heteroatoms. The van der Waals surface area contributed by atoms with Crippen LogP contribution < -0.4 is 10.9 Å². The van der Waals surface area contributed by atoms with Gasteiger partial charge in [0.05, 0.1) is 23.7 Å². The van der Waals surface area contributed by atoms with Gasteiger partial charge in [0.15, 0.2) is 0 Å². The minimum Gasteiger partial charge on any atom is -0.338 e. The van der Waals surface area contributed by atoms with E-state index in [-0.39, 0.29) is 40.1 Å². The average Bonchev–Trinajstić information content (AvgIpc) is 3.63. The zero-order valence-corrected chi connectivity index (χ0v) is 30.0. The van der Waals surface area contributed by atoms with Crippen LogP contribution in [0.4, 0.5) is 0 Å². The van der Waals surface area contributed by atoms with Gasteiger partial charge in [0.2, 0.25) is 17.7 Å². The van der Waals surface area contributed by atoms with Crippen LogP contribution in [0.25, 0.3) is 11.1 Å². The number of amides is 4. The molecule has 5 heterocycles. The van der Waals surface area contributed by atoms with E-state index in [9.17, 15) is 24.0 Å². The molecule has 0 radical (unpaired) electrons. The molecule has 266 valence electrons. The quantitative estimate of drug-likeness (QED) is 0.366. The summed E-state index contributed by atoms with van der Waals surface area (Å²) in [6.07, 6.45) is 6.93. The number of rotatable bonds is 7. The van der Waals surface area contributed by atoms with Gasteiger partial charge in [-0.1, -0.05) is 47.5 Å². The number of benzene rings is 2. The van der Waals surface area contributed by atoms with Crippen LogP contribution in [0, 0.1) is 5.92 Å². The van der Waals surface area contributed by atoms with Crippen LogP contribution in [0.2, 0.25) is 10.0 Å². The summed E-state index contributed by atoms with van der Waals surface area (Å²) in [4.78, 5) is 73.0. The third-order valence-electron chi connectivity index (χ3n) is 10.7. The van der Waals surface area contributed by atoms with Gasteiger partial charge >= 0.3 is 0 Å². The fraction of sp³-hybridized carbons (Fsp3) is 0.421. The first-order valence-electron chi connectivity index (χ1n) is 17.5. The third-order valence-corrected chi connectivity index (χ3v) is 11.3. The topological polar surface area (TPSA) is 124 Å². The van der Waals surface area contributed by atoms with Crippen LogP contribution in [0.15, 0.2) is 52.4 Å². The molecule has 1 aromatic heterocycles. The Morgan fingerprint density at radius 1 is 0.882 bits per heavy atom. The van der Waals surface area contributed by atoms with E-state index in [1.54, 1.807) is 36.5 Å². The van der Waals surface area contributed by atoms with Crippen molar-refractivity contribution in [2.24, 2.45) is 18.0 Å². The van der Waals surface area contributed by atoms with Crippen LogP contribution in [-0.4, -0.2) is 94.9 Å². The molecule has 4 aliphatic rings. The van der Waals surface area contributed by atoms with Crippen molar-refractivity contribution >= 4 is 53.0 Å². The molecule has 51 heavy (non-hydrogen) atoms. The van der Waals surface area contributed by atoms with Crippen LogP contribution in [0.3, 0.4) is 0 Å². The van der Waals surface area contributed by atoms with Crippen LogP contribution in [-0.2, 0) is 34.4 Å². The number of carbonyl (C=O) groups excluding carboxylic acids is 4. The summed E-state index contributed by atoms with van der Waals surface area (Å²) < 4.78 is 1.50. The lowest BCUT2D eigenvalue weighted by Crippen LogP contribution is -2.53. The van der Waals surface area contributed by atoms with Gasteiger partial charge in [-0.3, -0.25) is 39.2 Å². The second-order valence-electron chi connectivity index (χ2n) is 13.9. The number of piperidine rings is 2. The lowest BCUT2D eigenvalue weighted by atomic mass is 9.87. The Hall–Kier alpha value is -4.32. The number of aryl methyl sites for hydroxylation is 1. The summed E-state index contributed by atoms with van der Waals surface area (Å²) in [5.41, 5.74) is 5.24. The van der Waals surface area contributed by atoms with E-state index in [1.165, 1.54) is 10.1 Å². The molecule has 2 aromatic carbocycles. The van der Waals surface area contributed by atoms with E-state index in [0.29, 0.717) is 86.2 Å². The Kier molecular flexibility index (Phi) is 10.1. The first-order chi connectivity index (χ1) is 24.5. The second kappa shape index (κ2) is 14.7. The lowest BCUT2D eigenvalue weighted by Gasteiger charge is -2.37. The number of aromatic nitrogens is 1. The SMILES string of the molecule is Cn1cc(-c2cc(Cl)c(C(=O)N3CCN(C(=O)CN4CCC(c5ccc(CC6CCC(=O)NC6=O)cc5)CC4)CC3)cc2Cl)c2c(c1=O)CN=C2. The lowest BCUT2D eigenvalue weighted by molar-refractivity contribution is -0.136. The molecule has 0 aliphatic carbocycles. The van der Waals surface area contributed by atoms with Crippen molar-refractivity contribution in [3.8, 4) is 11.1 Å². The maximum atomic E-state index is 13.6. The molecule has 11 nitrogen and oxygen atoms in total. The van der Waals surface area contributed by atoms with Crippen LogP contribution >= 0.6 is 23.2 Å². The third kappa shape index (κ3) is 7.38. The van der Waals surface area contributed by atoms with E-state index in [4.69, 9.17) is 23.2 Å². The first-order valence-corrected chi connectivity index (χ1v) is 18.2. The Balaban J connectivity index is 0.890. The molecule has 3 saturated heterocycles. The predicted octanol–water partition coefficient (Wildman–Crippen LogP) is 4.05. The van der Waals surface area contributed by atoms with E-state index < -0.39 is 0 Å². The highest BCUT2D eigenvalue weighted by molar-refractivity contribution is 6.37. The molecule has 1 N–H and O–H groups in total. The summed E-state index contributed by atoms with van der Waals surface area (Å²) in [5, 5.41) is 3.05. The number of likely N-dealkylation sites (tertiary alicyclic amines) is 1. The van der Waals surface area contributed by atoms with Crippen molar-refractivity contribution < 1.29 is 19.2 Å². The molecule has 4 aliphatic heterocycles. The minimum absolute atomic E-state index is 0.0668. The Morgan fingerprint density at radius 2 is 1.59 bits per heavy atom. The smallest absolute Gasteiger partial charge is 0.256 e. The van der Waals surface area contributed by atoms with Crippen molar-refractivity contribution in [1.29, 1.82) is 0 Å². The van der Waals surface area contributed by atoms with Crippen molar-refractivity contribution in [2.45, 2.75) is 44.6 Å². The minimum atomic E-state index is -0.237. The van der Waals surface area contributed by atoms with Gasteiger partial charge in [0.1, 0.15) is 0 Å². The van der Waals surface area contributed by atoms with Gasteiger partial charge in [0.25, 0.3) is 11.5 Å². The van der Waals surface area contributed by atoms with Gasteiger partial charge in [-0.15, -0.1) is 0 Å². The number of pyridine rings is 1. The van der Waals surface area contributed by atoms with E-state index in [1.807, 2.05) is 4.90 Å². The number of aliphatic imine (C=N–C) groups is 1. The number of nitrogens with one attached hydrogen (secondary N) is 1. The van der Waals surface area contributed by atoms with E-state index >= 15 is 0 Å². The largest absolute Gasteiger partial charge is 0.338 e. The molecule has 0 bridgehead atoms. The van der Waals surface area contributed by atoms with Crippen LogP contribution in [0.5, 0.6) is 0 Å². The van der Waals surface area contributed by atoms with Gasteiger partial charge in [-0.2, -0.15) is 0 Å². The van der Waals surface area contributed by atoms with Crippen molar-refractivity contribution in [1.82, 2.24) is 24.6 Å². The van der Waals surface area contributed by atoms with E-state index in [0.717, 1.165) is 42.6 Å². The number of nitrogens with zero attached hydrogens (tertiary/aromatic N) is 5. The number of piperazine rings is 1. The van der Waals surface area contributed by atoms with Gasteiger partial charge < -0.3 is 14.4 Å². The monoisotopic (exact) mass is 730 g/mol. The number of hydrogen-bond donors (Lipinski definition) is 1. The van der Waals surface area contributed by atoms with E-state index in [2.05, 4.69) is 39.5 Å². The summed E-state index contributed by atoms with van der Waals surface area (Å²) in [6, 6.07) is 11.7. The molecule has 7 rings (SSSR count). The predicted molar refractivity (Wildman–Crippen MR) is 195 cm³/mol. The summed E-state index contributed by atoms with van der Waals surface area (Å²) in [6.45, 7) is 4.01. The maximum Gasteiger partial charge on any atom is 0.256 e. The highest BCUT2D eigenvalue weighted by atomic mass is 35.5. The van der Waals surface area contributed by atoms with Gasteiger partial charge in [0, 0.05) is 85.3 Å².